The SMILES string of the molecule is COC(=O)C1CCN(Sc2ccc3cnccc3c2)CC1. The van der Waals surface area contributed by atoms with Crippen molar-refractivity contribution in [2.75, 3.05) is 20.2 Å². The molecule has 0 N–H and O–H groups in total. The number of carbonyl (C=O) groups excluding carboxylic acids is 1. The third-order valence-electron chi connectivity index (χ3n) is 3.83. The Bertz CT molecular complexity index is 639. The van der Waals surface area contributed by atoms with Gasteiger partial charge < -0.3 is 4.74 Å². The fraction of sp³-hybridized carbons (Fsp3) is 0.375. The predicted molar refractivity (Wildman–Crippen MR) is 83.9 cm³/mol. The van der Waals surface area contributed by atoms with Crippen molar-refractivity contribution in [3.63, 3.8) is 0 Å². The highest BCUT2D eigenvalue weighted by Gasteiger charge is 2.25. The molecule has 1 aliphatic rings. The molecule has 0 amide bonds. The molecule has 0 aliphatic carbocycles. The summed E-state index contributed by atoms with van der Waals surface area (Å²) in [7, 11) is 1.47. The molecule has 110 valence electrons. The van der Waals surface area contributed by atoms with Crippen LogP contribution in [-0.2, 0) is 9.53 Å². The lowest BCUT2D eigenvalue weighted by Crippen LogP contribution is -2.32. The van der Waals surface area contributed by atoms with Crippen LogP contribution < -0.4 is 0 Å². The third-order valence-corrected chi connectivity index (χ3v) is 4.92. The van der Waals surface area contributed by atoms with E-state index in [1.807, 2.05) is 18.5 Å². The van der Waals surface area contributed by atoms with Crippen molar-refractivity contribution in [2.24, 2.45) is 5.92 Å². The van der Waals surface area contributed by atoms with E-state index in [0.29, 0.717) is 0 Å². The van der Waals surface area contributed by atoms with Crippen LogP contribution in [0.3, 0.4) is 0 Å². The second kappa shape index (κ2) is 6.45. The van der Waals surface area contributed by atoms with Gasteiger partial charge in [-0.3, -0.25) is 9.78 Å². The van der Waals surface area contributed by atoms with E-state index in [0.717, 1.165) is 31.3 Å². The van der Waals surface area contributed by atoms with Crippen molar-refractivity contribution in [1.29, 1.82) is 0 Å². The van der Waals surface area contributed by atoms with Crippen LogP contribution in [0.15, 0.2) is 41.6 Å². The number of hydrogen-bond acceptors (Lipinski definition) is 5. The zero-order chi connectivity index (χ0) is 14.7. The van der Waals surface area contributed by atoms with Gasteiger partial charge in [0.05, 0.1) is 13.0 Å². The fourth-order valence-electron chi connectivity index (χ4n) is 2.62. The molecule has 0 saturated carbocycles. The van der Waals surface area contributed by atoms with Gasteiger partial charge in [0.2, 0.25) is 0 Å². The Morgan fingerprint density at radius 1 is 1.29 bits per heavy atom. The lowest BCUT2D eigenvalue weighted by molar-refractivity contribution is -0.146. The van der Waals surface area contributed by atoms with Crippen LogP contribution in [0.5, 0.6) is 0 Å². The Morgan fingerprint density at radius 3 is 2.86 bits per heavy atom. The number of rotatable bonds is 3. The Hall–Kier alpha value is -1.59. The van der Waals surface area contributed by atoms with Gasteiger partial charge in [-0.05, 0) is 48.4 Å². The first-order valence-electron chi connectivity index (χ1n) is 7.11. The summed E-state index contributed by atoms with van der Waals surface area (Å²) >= 11 is 1.76. The second-order valence-electron chi connectivity index (χ2n) is 5.20. The number of piperidine rings is 1. The molecular weight excluding hydrogens is 284 g/mol. The van der Waals surface area contributed by atoms with Crippen molar-refractivity contribution in [1.82, 2.24) is 9.29 Å². The highest BCUT2D eigenvalue weighted by atomic mass is 32.2. The van der Waals surface area contributed by atoms with Crippen molar-refractivity contribution in [3.05, 3.63) is 36.7 Å². The van der Waals surface area contributed by atoms with Crippen LogP contribution in [0.25, 0.3) is 10.8 Å². The van der Waals surface area contributed by atoms with Crippen molar-refractivity contribution >= 4 is 28.7 Å². The number of carbonyl (C=O) groups is 1. The Kier molecular flexibility index (Phi) is 4.41. The lowest BCUT2D eigenvalue weighted by Gasteiger charge is -2.29. The predicted octanol–water partition coefficient (Wildman–Crippen LogP) is 3.13. The third kappa shape index (κ3) is 3.36. The van der Waals surface area contributed by atoms with Gasteiger partial charge in [-0.15, -0.1) is 0 Å². The summed E-state index contributed by atoms with van der Waals surface area (Å²) in [6.45, 7) is 1.83. The molecule has 0 spiro atoms. The molecule has 21 heavy (non-hydrogen) atoms. The van der Waals surface area contributed by atoms with Gasteiger partial charge in [0, 0.05) is 35.8 Å². The molecule has 2 aromatic rings. The number of aromatic nitrogens is 1. The Morgan fingerprint density at radius 2 is 2.10 bits per heavy atom. The van der Waals surface area contributed by atoms with Crippen molar-refractivity contribution < 1.29 is 9.53 Å². The monoisotopic (exact) mass is 302 g/mol. The van der Waals surface area contributed by atoms with Gasteiger partial charge in [-0.2, -0.15) is 0 Å². The molecule has 1 fully saturated rings. The average Bonchev–Trinajstić information content (AvgIpc) is 2.55. The van der Waals surface area contributed by atoms with E-state index < -0.39 is 0 Å². The van der Waals surface area contributed by atoms with Crippen LogP contribution in [0.2, 0.25) is 0 Å². The number of methoxy groups -OCH3 is 1. The standard InChI is InChI=1S/C16H18N2O2S/c1-20-16(19)12-5-8-18(9-6-12)21-15-3-2-14-11-17-7-4-13(14)10-15/h2-4,7,10-12H,5-6,8-9H2,1H3. The summed E-state index contributed by atoms with van der Waals surface area (Å²) < 4.78 is 7.14. The first-order valence-corrected chi connectivity index (χ1v) is 7.88. The largest absolute Gasteiger partial charge is 0.469 e. The van der Waals surface area contributed by atoms with E-state index in [-0.39, 0.29) is 11.9 Å². The van der Waals surface area contributed by atoms with Gasteiger partial charge in [0.15, 0.2) is 0 Å². The van der Waals surface area contributed by atoms with E-state index in [9.17, 15) is 4.79 Å². The fourth-order valence-corrected chi connectivity index (χ4v) is 3.62. The number of benzene rings is 1. The average molecular weight is 302 g/mol. The van der Waals surface area contributed by atoms with Crippen LogP contribution in [0.4, 0.5) is 0 Å². The summed E-state index contributed by atoms with van der Waals surface area (Å²) in [5.74, 6) is -0.00705. The van der Waals surface area contributed by atoms with Crippen LogP contribution >= 0.6 is 11.9 Å². The zero-order valence-corrected chi connectivity index (χ0v) is 12.8. The van der Waals surface area contributed by atoms with Gasteiger partial charge >= 0.3 is 5.97 Å². The summed E-state index contributed by atoms with van der Waals surface area (Å²) in [5.41, 5.74) is 0. The molecule has 4 nitrogen and oxygen atoms in total. The van der Waals surface area contributed by atoms with E-state index in [4.69, 9.17) is 4.74 Å². The molecule has 5 heteroatoms. The summed E-state index contributed by atoms with van der Waals surface area (Å²) in [6, 6.07) is 8.45. The Labute approximate surface area is 128 Å². The number of pyridine rings is 1. The van der Waals surface area contributed by atoms with E-state index in [2.05, 4.69) is 27.5 Å². The van der Waals surface area contributed by atoms with Gasteiger partial charge in [-0.25, -0.2) is 4.31 Å². The first-order chi connectivity index (χ1) is 10.3. The Balaban J connectivity index is 1.63. The normalized spacial score (nSPS) is 17.0. The molecule has 1 aromatic heterocycles. The molecule has 1 saturated heterocycles. The maximum atomic E-state index is 11.5. The quantitative estimate of drug-likeness (QED) is 0.644. The van der Waals surface area contributed by atoms with Crippen molar-refractivity contribution in [2.45, 2.75) is 17.7 Å². The van der Waals surface area contributed by atoms with Crippen LogP contribution in [0, 0.1) is 5.92 Å². The molecule has 0 radical (unpaired) electrons. The minimum absolute atomic E-state index is 0.0644. The molecule has 1 aliphatic heterocycles. The molecule has 2 heterocycles. The molecule has 1 aromatic carbocycles. The zero-order valence-electron chi connectivity index (χ0n) is 12.0. The minimum Gasteiger partial charge on any atom is -0.469 e. The summed E-state index contributed by atoms with van der Waals surface area (Å²) in [6.07, 6.45) is 5.44. The summed E-state index contributed by atoms with van der Waals surface area (Å²) in [4.78, 5) is 16.9. The number of nitrogens with zero attached hydrogens (tertiary/aromatic N) is 2. The van der Waals surface area contributed by atoms with Crippen LogP contribution in [-0.4, -0.2) is 35.5 Å². The second-order valence-corrected chi connectivity index (χ2v) is 6.37. The molecule has 3 rings (SSSR count). The minimum atomic E-state index is -0.0714. The molecule has 0 atom stereocenters. The van der Waals surface area contributed by atoms with Gasteiger partial charge in [0.1, 0.15) is 0 Å². The number of ether oxygens (including phenoxy) is 1. The first kappa shape index (κ1) is 14.4. The van der Waals surface area contributed by atoms with E-state index in [1.165, 1.54) is 17.4 Å². The maximum absolute atomic E-state index is 11.5. The van der Waals surface area contributed by atoms with Gasteiger partial charge in [-0.1, -0.05) is 6.07 Å². The van der Waals surface area contributed by atoms with E-state index >= 15 is 0 Å². The number of esters is 1. The van der Waals surface area contributed by atoms with Crippen LogP contribution in [0.1, 0.15) is 12.8 Å². The number of fused-ring (bicyclic) bond motifs is 1. The lowest BCUT2D eigenvalue weighted by atomic mass is 9.99. The van der Waals surface area contributed by atoms with Gasteiger partial charge in [0.25, 0.3) is 0 Å². The van der Waals surface area contributed by atoms with E-state index in [1.54, 1.807) is 11.9 Å². The highest BCUT2D eigenvalue weighted by molar-refractivity contribution is 7.97. The molecule has 0 unspecified atom stereocenters. The number of hydrogen-bond donors (Lipinski definition) is 0. The summed E-state index contributed by atoms with van der Waals surface area (Å²) in [5, 5.41) is 2.37. The van der Waals surface area contributed by atoms with Crippen molar-refractivity contribution in [3.8, 4) is 0 Å². The topological polar surface area (TPSA) is 42.4 Å². The highest BCUT2D eigenvalue weighted by Crippen LogP contribution is 2.30. The maximum Gasteiger partial charge on any atom is 0.308 e. The molecular formula is C16H18N2O2S. The molecule has 0 bridgehead atoms. The smallest absolute Gasteiger partial charge is 0.308 e.